The highest BCUT2D eigenvalue weighted by Gasteiger charge is 2.16. The van der Waals surface area contributed by atoms with Gasteiger partial charge >= 0.3 is 0 Å². The van der Waals surface area contributed by atoms with E-state index in [0.717, 1.165) is 51.6 Å². The van der Waals surface area contributed by atoms with Crippen LogP contribution in [0, 0.1) is 19.7 Å². The lowest BCUT2D eigenvalue weighted by molar-refractivity contribution is -0.110. The molecule has 1 atom stereocenters. The second-order valence-electron chi connectivity index (χ2n) is 10.4. The average molecular weight is 681 g/mol. The fourth-order valence-corrected chi connectivity index (χ4v) is 6.20. The van der Waals surface area contributed by atoms with E-state index < -0.39 is 0 Å². The molecule has 0 radical (unpaired) electrons. The summed E-state index contributed by atoms with van der Waals surface area (Å²) in [7, 11) is -0.315. The van der Waals surface area contributed by atoms with Gasteiger partial charge < -0.3 is 10.6 Å². The lowest BCUT2D eigenvalue weighted by atomic mass is 9.94. The van der Waals surface area contributed by atoms with E-state index in [-0.39, 0.29) is 19.6 Å². The summed E-state index contributed by atoms with van der Waals surface area (Å²) in [6.07, 6.45) is 9.58. The summed E-state index contributed by atoms with van der Waals surface area (Å²) >= 11 is 3.53. The third-order valence-corrected chi connectivity index (χ3v) is 9.77. The smallest absolute Gasteiger partial charge is 0.251 e. The molecule has 2 N–H and O–H groups in total. The molecule has 1 aliphatic rings. The molecule has 2 amide bonds. The zero-order chi connectivity index (χ0) is 35.4. The first-order valence-corrected chi connectivity index (χ1v) is 19.4. The minimum Gasteiger partial charge on any atom is -0.356 e. The van der Waals surface area contributed by atoms with Crippen LogP contribution in [0.15, 0.2) is 60.8 Å². The molecule has 2 aromatic heterocycles. The lowest BCUT2D eigenvalue weighted by Gasteiger charge is -2.23. The third kappa shape index (κ3) is 12.6. The van der Waals surface area contributed by atoms with E-state index in [2.05, 4.69) is 54.8 Å². The molecule has 47 heavy (non-hydrogen) atoms. The number of rotatable bonds is 9. The second kappa shape index (κ2) is 23.1. The van der Waals surface area contributed by atoms with Crippen molar-refractivity contribution < 1.29 is 14.0 Å². The molecule has 4 aromatic rings. The van der Waals surface area contributed by atoms with Crippen molar-refractivity contribution in [3.8, 4) is 11.3 Å². The van der Waals surface area contributed by atoms with Crippen molar-refractivity contribution in [2.45, 2.75) is 80.2 Å². The maximum absolute atomic E-state index is 13.5. The highest BCUT2D eigenvalue weighted by Crippen LogP contribution is 2.33. The molecule has 6 nitrogen and oxygen atoms in total. The van der Waals surface area contributed by atoms with E-state index in [1.54, 1.807) is 24.6 Å². The number of hydrogen-bond donors (Lipinski definition) is 3. The van der Waals surface area contributed by atoms with Gasteiger partial charge in [-0.25, -0.2) is 4.39 Å². The van der Waals surface area contributed by atoms with Gasteiger partial charge in [-0.1, -0.05) is 48.6 Å². The topological polar surface area (TPSA) is 84.0 Å². The molecular formula is C38H54FN4O2PS. The Kier molecular flexibility index (Phi) is 20.4. The van der Waals surface area contributed by atoms with Gasteiger partial charge in [-0.2, -0.15) is 12.6 Å². The predicted molar refractivity (Wildman–Crippen MR) is 204 cm³/mol. The Morgan fingerprint density at radius 3 is 2.26 bits per heavy atom. The van der Waals surface area contributed by atoms with Gasteiger partial charge in [-0.3, -0.25) is 19.6 Å². The minimum atomic E-state index is -0.315. The Balaban J connectivity index is 0.000000726. The number of pyridine rings is 2. The van der Waals surface area contributed by atoms with Crippen LogP contribution in [0.1, 0.15) is 81.1 Å². The van der Waals surface area contributed by atoms with Crippen LogP contribution in [0.4, 0.5) is 4.39 Å². The average Bonchev–Trinajstić information content (AvgIpc) is 3.10. The van der Waals surface area contributed by atoms with Crippen LogP contribution in [0.5, 0.6) is 0 Å². The summed E-state index contributed by atoms with van der Waals surface area (Å²) in [5.41, 5.74) is 6.40. The van der Waals surface area contributed by atoms with Gasteiger partial charge in [-0.05, 0) is 117 Å². The van der Waals surface area contributed by atoms with Crippen LogP contribution in [0.25, 0.3) is 22.2 Å². The number of aromatic nitrogens is 2. The van der Waals surface area contributed by atoms with Gasteiger partial charge in [0.15, 0.2) is 0 Å². The number of halogens is 1. The molecule has 2 heterocycles. The van der Waals surface area contributed by atoms with Gasteiger partial charge in [0.1, 0.15) is 5.82 Å². The fraction of sp³-hybridized carbons (Fsp3) is 0.421. The summed E-state index contributed by atoms with van der Waals surface area (Å²) in [6.45, 7) is 17.0. The number of fused-ring (bicyclic) bond motifs is 1. The van der Waals surface area contributed by atoms with Crippen LogP contribution in [-0.2, 0) is 11.2 Å². The van der Waals surface area contributed by atoms with E-state index in [0.29, 0.717) is 24.6 Å². The van der Waals surface area contributed by atoms with Crippen LogP contribution in [0.3, 0.4) is 0 Å². The van der Waals surface area contributed by atoms with Gasteiger partial charge in [0.05, 0.1) is 11.2 Å². The first-order valence-electron chi connectivity index (χ1n) is 16.6. The van der Waals surface area contributed by atoms with Gasteiger partial charge in [-0.15, -0.1) is 0 Å². The van der Waals surface area contributed by atoms with Crippen molar-refractivity contribution >= 4 is 49.1 Å². The van der Waals surface area contributed by atoms with Crippen molar-refractivity contribution in [3.63, 3.8) is 0 Å². The maximum Gasteiger partial charge on any atom is 0.251 e. The van der Waals surface area contributed by atoms with Crippen LogP contribution < -0.4 is 15.9 Å². The number of carbonyl (C=O) groups is 2. The summed E-state index contributed by atoms with van der Waals surface area (Å²) < 4.78 is 13.5. The molecule has 5 rings (SSSR count). The Morgan fingerprint density at radius 2 is 1.70 bits per heavy atom. The number of nitrogens with zero attached hydrogens (tertiary/aromatic N) is 2. The van der Waals surface area contributed by atoms with Crippen LogP contribution in [0.2, 0.25) is 0 Å². The van der Waals surface area contributed by atoms with Crippen molar-refractivity contribution in [2.24, 2.45) is 0 Å². The number of hydrogen-bond acceptors (Lipinski definition) is 5. The maximum atomic E-state index is 13.5. The molecule has 2 aromatic carbocycles. The fourth-order valence-electron chi connectivity index (χ4n) is 4.81. The predicted octanol–water partition coefficient (Wildman–Crippen LogP) is 8.67. The molecule has 1 unspecified atom stereocenters. The third-order valence-electron chi connectivity index (χ3n) is 7.53. The summed E-state index contributed by atoms with van der Waals surface area (Å²) in [4.78, 5) is 31.8. The monoisotopic (exact) mass is 680 g/mol. The standard InChI is InChI=1S/C28H29FN3OP.C5H9NO.2C2H6.CH4S/c1-5-34(4)25-17-24(32-27(19(25)3)20-8-10-23(29)11-9-20)12-14-31-28(33)22-15-18(2)26-21(16-22)7-6-13-30-26;7-4-6-5-2-1-3-5;3*1-2/h6-11,13,15-17H,5,12,14H2,1-4H3,(H,31,33);4-5H,1-3H2,(H,6,7);2*1-2H3;2H,1H3. The number of carbonyl (C=O) groups excluding carboxylic acids is 2. The lowest BCUT2D eigenvalue weighted by Crippen LogP contribution is -2.33. The van der Waals surface area contributed by atoms with E-state index >= 15 is 0 Å². The zero-order valence-electron chi connectivity index (χ0n) is 29.7. The molecule has 0 spiro atoms. The first-order chi connectivity index (χ1) is 22.8. The van der Waals surface area contributed by atoms with E-state index in [1.807, 2.05) is 58.9 Å². The van der Waals surface area contributed by atoms with E-state index in [4.69, 9.17) is 4.98 Å². The Bertz CT molecular complexity index is 1510. The summed E-state index contributed by atoms with van der Waals surface area (Å²) in [5, 5.41) is 8.01. The SMILES string of the molecule is CC.CC.CCP(C)c1cc(CCNC(=O)c2cc(C)c3ncccc3c2)nc(-c2ccc(F)cc2)c1C.CS.O=CNC1CCC1. The Hall–Kier alpha value is -3.35. The van der Waals surface area contributed by atoms with Gasteiger partial charge in [0.25, 0.3) is 5.91 Å². The number of nitrogens with one attached hydrogen (secondary N) is 2. The van der Waals surface area contributed by atoms with Crippen LogP contribution >= 0.6 is 20.6 Å². The molecule has 1 fully saturated rings. The van der Waals surface area contributed by atoms with Crippen molar-refractivity contribution in [1.29, 1.82) is 0 Å². The van der Waals surface area contributed by atoms with Crippen molar-refractivity contribution in [1.82, 2.24) is 20.6 Å². The van der Waals surface area contributed by atoms with Gasteiger partial charge in [0, 0.05) is 47.4 Å². The highest BCUT2D eigenvalue weighted by atomic mass is 32.1. The van der Waals surface area contributed by atoms with Gasteiger partial charge in [0.2, 0.25) is 6.41 Å². The Labute approximate surface area is 288 Å². The number of amides is 2. The molecule has 0 saturated heterocycles. The zero-order valence-corrected chi connectivity index (χ0v) is 31.4. The molecular weight excluding hydrogens is 626 g/mol. The molecule has 9 heteroatoms. The van der Waals surface area contributed by atoms with Crippen molar-refractivity contribution in [2.75, 3.05) is 25.6 Å². The van der Waals surface area contributed by atoms with Crippen molar-refractivity contribution in [3.05, 3.63) is 89.0 Å². The molecule has 0 bridgehead atoms. The Morgan fingerprint density at radius 1 is 1.04 bits per heavy atom. The normalized spacial score (nSPS) is 12.1. The second-order valence-corrected chi connectivity index (χ2v) is 12.9. The summed E-state index contributed by atoms with van der Waals surface area (Å²) in [5.74, 6) is -0.363. The van der Waals surface area contributed by atoms with Crippen LogP contribution in [-0.4, -0.2) is 54.0 Å². The largest absolute Gasteiger partial charge is 0.356 e. The number of aryl methyl sites for hydroxylation is 1. The van der Waals surface area contributed by atoms with E-state index in [9.17, 15) is 14.0 Å². The number of benzene rings is 2. The highest BCUT2D eigenvalue weighted by molar-refractivity contribution is 7.79. The molecule has 256 valence electrons. The summed E-state index contributed by atoms with van der Waals surface area (Å²) in [6, 6.07) is 16.8. The molecule has 1 saturated carbocycles. The number of thiol groups is 1. The first kappa shape index (κ1) is 41.7. The quantitative estimate of drug-likeness (QED) is 0.0939. The van der Waals surface area contributed by atoms with E-state index in [1.165, 1.54) is 36.7 Å². The minimum absolute atomic E-state index is 0.105. The molecule has 1 aliphatic carbocycles. The molecule has 0 aliphatic heterocycles.